The lowest BCUT2D eigenvalue weighted by Crippen LogP contribution is -2.00. The molecule has 0 radical (unpaired) electrons. The molecule has 26 heavy (non-hydrogen) atoms. The fourth-order valence-electron chi connectivity index (χ4n) is 3.33. The molecule has 1 aliphatic carbocycles. The molecule has 1 aliphatic rings. The zero-order valence-electron chi connectivity index (χ0n) is 14.8. The molecule has 5 heteroatoms. The Balaban J connectivity index is 1.73. The Morgan fingerprint density at radius 1 is 0.846 bits per heavy atom. The third-order valence-corrected chi connectivity index (χ3v) is 4.81. The van der Waals surface area contributed by atoms with Crippen LogP contribution < -0.4 is 9.47 Å². The summed E-state index contributed by atoms with van der Waals surface area (Å²) < 4.78 is 15.5. The van der Waals surface area contributed by atoms with Crippen molar-refractivity contribution in [3.05, 3.63) is 77.1 Å². The molecule has 1 heterocycles. The second-order valence-corrected chi connectivity index (χ2v) is 6.34. The van der Waals surface area contributed by atoms with Crippen molar-refractivity contribution in [2.45, 2.75) is 18.8 Å². The molecule has 0 saturated carbocycles. The van der Waals surface area contributed by atoms with Gasteiger partial charge in [0.05, 0.1) is 14.2 Å². The fourth-order valence-corrected chi connectivity index (χ4v) is 3.33. The first-order valence-electron chi connectivity index (χ1n) is 8.56. The van der Waals surface area contributed by atoms with E-state index >= 15 is 0 Å². The Labute approximate surface area is 152 Å². The lowest BCUT2D eigenvalue weighted by atomic mass is 9.92. The predicted octanol–water partition coefficient (Wildman–Crippen LogP) is 4.05. The average molecular weight is 348 g/mol. The number of hydrogen-bond donors (Lipinski definition) is 0. The van der Waals surface area contributed by atoms with Gasteiger partial charge in [0.2, 0.25) is 0 Å². The predicted molar refractivity (Wildman–Crippen MR) is 98.4 cm³/mol. The molecule has 4 rings (SSSR count). The summed E-state index contributed by atoms with van der Waals surface area (Å²) in [5, 5.41) is 8.23. The monoisotopic (exact) mass is 348 g/mol. The molecule has 1 atom stereocenters. The van der Waals surface area contributed by atoms with Gasteiger partial charge in [-0.25, -0.2) is 4.63 Å². The molecule has 0 fully saturated rings. The smallest absolute Gasteiger partial charge is 0.118 e. The number of ether oxygens (including phenoxy) is 2. The van der Waals surface area contributed by atoms with Gasteiger partial charge in [-0.15, -0.1) is 0 Å². The summed E-state index contributed by atoms with van der Waals surface area (Å²) in [4.78, 5) is 0. The van der Waals surface area contributed by atoms with E-state index < -0.39 is 0 Å². The van der Waals surface area contributed by atoms with Crippen molar-refractivity contribution in [1.29, 1.82) is 0 Å². The third-order valence-electron chi connectivity index (χ3n) is 4.81. The highest BCUT2D eigenvalue weighted by Gasteiger charge is 2.23. The molecule has 132 valence electrons. The lowest BCUT2D eigenvalue weighted by Gasteiger charge is -2.13. The van der Waals surface area contributed by atoms with E-state index in [4.69, 9.17) is 14.1 Å². The molecule has 2 aromatic carbocycles. The standard InChI is InChI=1S/C21H20N2O3/c1-24-18-7-3-14(4-8-18)16-11-17(13-21-20(12-16)22-26-23-21)15-5-9-19(25-2)10-6-15/h3-11,16H,12-13H2,1-2H3. The molecule has 0 spiro atoms. The maximum Gasteiger partial charge on any atom is 0.118 e. The van der Waals surface area contributed by atoms with E-state index in [0.717, 1.165) is 34.9 Å². The van der Waals surface area contributed by atoms with E-state index in [1.54, 1.807) is 14.2 Å². The number of allylic oxidation sites excluding steroid dienone is 2. The number of benzene rings is 2. The first-order valence-corrected chi connectivity index (χ1v) is 8.56. The second-order valence-electron chi connectivity index (χ2n) is 6.34. The van der Waals surface area contributed by atoms with Gasteiger partial charge < -0.3 is 9.47 Å². The summed E-state index contributed by atoms with van der Waals surface area (Å²) in [5.74, 6) is 1.90. The van der Waals surface area contributed by atoms with Crippen LogP contribution in [0.25, 0.3) is 5.57 Å². The van der Waals surface area contributed by atoms with E-state index in [1.807, 2.05) is 24.3 Å². The van der Waals surface area contributed by atoms with E-state index in [0.29, 0.717) is 6.42 Å². The van der Waals surface area contributed by atoms with Crippen molar-refractivity contribution in [3.8, 4) is 11.5 Å². The first kappa shape index (κ1) is 16.4. The highest BCUT2D eigenvalue weighted by Crippen LogP contribution is 2.34. The molecule has 0 amide bonds. The van der Waals surface area contributed by atoms with Crippen LogP contribution in [0, 0.1) is 0 Å². The summed E-state index contributed by atoms with van der Waals surface area (Å²) in [6.45, 7) is 0. The van der Waals surface area contributed by atoms with Crippen LogP contribution in [0.2, 0.25) is 0 Å². The highest BCUT2D eigenvalue weighted by molar-refractivity contribution is 5.70. The topological polar surface area (TPSA) is 57.4 Å². The molecular weight excluding hydrogens is 328 g/mol. The SMILES string of the molecule is COc1ccc(C2=CC(c3ccc(OC)cc3)Cc3nonc3C2)cc1. The van der Waals surface area contributed by atoms with Gasteiger partial charge in [0, 0.05) is 18.8 Å². The van der Waals surface area contributed by atoms with E-state index in [-0.39, 0.29) is 5.92 Å². The highest BCUT2D eigenvalue weighted by atomic mass is 16.6. The van der Waals surface area contributed by atoms with Crippen LogP contribution in [-0.4, -0.2) is 24.5 Å². The number of methoxy groups -OCH3 is 2. The van der Waals surface area contributed by atoms with Gasteiger partial charge in [0.25, 0.3) is 0 Å². The molecule has 0 N–H and O–H groups in total. The molecule has 1 unspecified atom stereocenters. The first-order chi connectivity index (χ1) is 12.8. The van der Waals surface area contributed by atoms with Crippen molar-refractivity contribution >= 4 is 5.57 Å². The molecule has 0 bridgehead atoms. The Morgan fingerprint density at radius 2 is 1.46 bits per heavy atom. The van der Waals surface area contributed by atoms with Crippen molar-refractivity contribution < 1.29 is 14.1 Å². The fraction of sp³-hybridized carbons (Fsp3) is 0.238. The summed E-state index contributed by atoms with van der Waals surface area (Å²) in [6.07, 6.45) is 3.79. The quantitative estimate of drug-likeness (QED) is 0.712. The van der Waals surface area contributed by atoms with Crippen molar-refractivity contribution in [2.24, 2.45) is 0 Å². The Morgan fingerprint density at radius 3 is 2.12 bits per heavy atom. The minimum Gasteiger partial charge on any atom is -0.497 e. The third kappa shape index (κ3) is 3.20. The van der Waals surface area contributed by atoms with Crippen molar-refractivity contribution in [1.82, 2.24) is 10.3 Å². The average Bonchev–Trinajstić information content (AvgIpc) is 3.05. The van der Waals surface area contributed by atoms with Gasteiger partial charge in [-0.1, -0.05) is 40.7 Å². The molecule has 5 nitrogen and oxygen atoms in total. The van der Waals surface area contributed by atoms with Gasteiger partial charge in [0.15, 0.2) is 0 Å². The van der Waals surface area contributed by atoms with Crippen LogP contribution in [0.5, 0.6) is 11.5 Å². The van der Waals surface area contributed by atoms with Crippen molar-refractivity contribution in [2.75, 3.05) is 14.2 Å². The second kappa shape index (κ2) is 7.04. The maximum absolute atomic E-state index is 5.27. The van der Waals surface area contributed by atoms with Crippen LogP contribution in [0.15, 0.2) is 59.2 Å². The summed E-state index contributed by atoms with van der Waals surface area (Å²) in [5.41, 5.74) is 5.41. The van der Waals surface area contributed by atoms with Crippen molar-refractivity contribution in [3.63, 3.8) is 0 Å². The zero-order valence-corrected chi connectivity index (χ0v) is 14.8. The van der Waals surface area contributed by atoms with Gasteiger partial charge in [0.1, 0.15) is 22.9 Å². The molecule has 0 aliphatic heterocycles. The summed E-state index contributed by atoms with van der Waals surface area (Å²) in [6, 6.07) is 16.3. The van der Waals surface area contributed by atoms with Gasteiger partial charge in [-0.2, -0.15) is 0 Å². The maximum atomic E-state index is 5.27. The normalized spacial score (nSPS) is 16.4. The largest absolute Gasteiger partial charge is 0.497 e. The summed E-state index contributed by atoms with van der Waals surface area (Å²) in [7, 11) is 3.35. The van der Waals surface area contributed by atoms with Gasteiger partial charge in [-0.3, -0.25) is 0 Å². The molecular formula is C21H20N2O3. The van der Waals surface area contributed by atoms with E-state index in [1.165, 1.54) is 11.1 Å². The number of fused-ring (bicyclic) bond motifs is 1. The molecule has 3 aromatic rings. The van der Waals surface area contributed by atoms with Crippen LogP contribution in [0.4, 0.5) is 0 Å². The molecule has 0 saturated heterocycles. The van der Waals surface area contributed by atoms with Crippen LogP contribution in [0.3, 0.4) is 0 Å². The minimum atomic E-state index is 0.200. The van der Waals surface area contributed by atoms with Crippen LogP contribution >= 0.6 is 0 Å². The Bertz CT molecular complexity index is 911. The summed E-state index contributed by atoms with van der Waals surface area (Å²) >= 11 is 0. The van der Waals surface area contributed by atoms with Crippen LogP contribution in [0.1, 0.15) is 28.4 Å². The zero-order chi connectivity index (χ0) is 17.9. The number of aromatic nitrogens is 2. The van der Waals surface area contributed by atoms with Gasteiger partial charge >= 0.3 is 0 Å². The Kier molecular flexibility index (Phi) is 4.44. The number of nitrogens with zero attached hydrogens (tertiary/aromatic N) is 2. The molecule has 1 aromatic heterocycles. The van der Waals surface area contributed by atoms with E-state index in [2.05, 4.69) is 40.7 Å². The number of rotatable bonds is 4. The van der Waals surface area contributed by atoms with E-state index in [9.17, 15) is 0 Å². The van der Waals surface area contributed by atoms with Crippen LogP contribution in [-0.2, 0) is 12.8 Å². The Hall–Kier alpha value is -3.08. The van der Waals surface area contributed by atoms with Gasteiger partial charge in [-0.05, 0) is 41.0 Å². The minimum absolute atomic E-state index is 0.200. The number of hydrogen-bond acceptors (Lipinski definition) is 5. The lowest BCUT2D eigenvalue weighted by molar-refractivity contribution is 0.300.